The first-order valence-corrected chi connectivity index (χ1v) is 5.16. The van der Waals surface area contributed by atoms with Gasteiger partial charge in [0.2, 0.25) is 0 Å². The van der Waals surface area contributed by atoms with Crippen molar-refractivity contribution in [1.29, 1.82) is 0 Å². The normalized spacial score (nSPS) is 10.8. The molecule has 3 rings (SSSR count). The molecular formula is C12H7F2N3O. The quantitative estimate of drug-likeness (QED) is 0.699. The Morgan fingerprint density at radius 3 is 2.78 bits per heavy atom. The summed E-state index contributed by atoms with van der Waals surface area (Å²) in [4.78, 5) is 0. The predicted octanol–water partition coefficient (Wildman–Crippen LogP) is 2.81. The lowest BCUT2D eigenvalue weighted by atomic mass is 10.3. The Bertz CT molecular complexity index is 676. The average molecular weight is 247 g/mol. The van der Waals surface area contributed by atoms with Gasteiger partial charge in [-0.3, -0.25) is 0 Å². The topological polar surface area (TPSA) is 43.9 Å². The molecule has 0 aliphatic heterocycles. The van der Waals surface area contributed by atoms with E-state index in [1.807, 2.05) is 0 Å². The number of hydrogen-bond acceptors (Lipinski definition) is 3. The van der Waals surface area contributed by atoms with Gasteiger partial charge in [0.05, 0.1) is 12.5 Å². The van der Waals surface area contributed by atoms with Crippen LogP contribution in [0.25, 0.3) is 17.1 Å². The number of furan rings is 1. The lowest BCUT2D eigenvalue weighted by molar-refractivity contribution is 0.572. The van der Waals surface area contributed by atoms with Gasteiger partial charge >= 0.3 is 0 Å². The smallest absolute Gasteiger partial charge is 0.155 e. The molecule has 0 spiro atoms. The van der Waals surface area contributed by atoms with Crippen LogP contribution in [0.2, 0.25) is 0 Å². The molecular weight excluding hydrogens is 240 g/mol. The number of aromatic nitrogens is 3. The van der Waals surface area contributed by atoms with Crippen molar-refractivity contribution in [3.05, 3.63) is 54.4 Å². The summed E-state index contributed by atoms with van der Waals surface area (Å²) in [5, 5.41) is 7.63. The van der Waals surface area contributed by atoms with Crippen molar-refractivity contribution in [2.75, 3.05) is 0 Å². The van der Waals surface area contributed by atoms with Crippen molar-refractivity contribution in [3.63, 3.8) is 0 Å². The van der Waals surface area contributed by atoms with Crippen molar-refractivity contribution in [1.82, 2.24) is 15.0 Å². The summed E-state index contributed by atoms with van der Waals surface area (Å²) in [6.07, 6.45) is 3.02. The van der Waals surface area contributed by atoms with E-state index in [0.29, 0.717) is 11.5 Å². The molecule has 1 aromatic carbocycles. The number of rotatable bonds is 2. The Hall–Kier alpha value is -2.50. The second-order valence-corrected chi connectivity index (χ2v) is 3.62. The molecule has 0 N–H and O–H groups in total. The van der Waals surface area contributed by atoms with Crippen molar-refractivity contribution in [2.45, 2.75) is 0 Å². The molecule has 0 amide bonds. The largest absolute Gasteiger partial charge is 0.463 e. The molecule has 2 heterocycles. The predicted molar refractivity (Wildman–Crippen MR) is 59.0 cm³/mol. The zero-order valence-electron chi connectivity index (χ0n) is 9.05. The highest BCUT2D eigenvalue weighted by molar-refractivity contribution is 5.50. The van der Waals surface area contributed by atoms with Crippen LogP contribution < -0.4 is 0 Å². The summed E-state index contributed by atoms with van der Waals surface area (Å²) in [6.45, 7) is 0. The molecule has 0 atom stereocenters. The fraction of sp³-hybridized carbons (Fsp3) is 0. The summed E-state index contributed by atoms with van der Waals surface area (Å²) in [6, 6.07) is 6.68. The lowest BCUT2D eigenvalue weighted by Gasteiger charge is -2.00. The highest BCUT2D eigenvalue weighted by Crippen LogP contribution is 2.19. The van der Waals surface area contributed by atoms with Gasteiger partial charge in [-0.25, -0.2) is 13.5 Å². The van der Waals surface area contributed by atoms with Crippen LogP contribution in [0.15, 0.2) is 47.2 Å². The van der Waals surface area contributed by atoms with E-state index in [-0.39, 0.29) is 5.69 Å². The van der Waals surface area contributed by atoms with Gasteiger partial charge in [-0.1, -0.05) is 5.21 Å². The summed E-state index contributed by atoms with van der Waals surface area (Å²) < 4.78 is 32.7. The van der Waals surface area contributed by atoms with Crippen LogP contribution in [-0.4, -0.2) is 15.0 Å². The molecule has 4 nitrogen and oxygen atoms in total. The molecule has 0 saturated heterocycles. The van der Waals surface area contributed by atoms with Crippen molar-refractivity contribution in [2.24, 2.45) is 0 Å². The average Bonchev–Trinajstić information content (AvgIpc) is 2.99. The van der Waals surface area contributed by atoms with Crippen LogP contribution in [0.3, 0.4) is 0 Å². The number of benzene rings is 1. The summed E-state index contributed by atoms with van der Waals surface area (Å²) in [7, 11) is 0. The van der Waals surface area contributed by atoms with Gasteiger partial charge in [0, 0.05) is 6.07 Å². The third-order valence-corrected chi connectivity index (χ3v) is 2.42. The van der Waals surface area contributed by atoms with Gasteiger partial charge in [0.1, 0.15) is 17.2 Å². The van der Waals surface area contributed by atoms with Crippen LogP contribution in [0.1, 0.15) is 0 Å². The van der Waals surface area contributed by atoms with Crippen LogP contribution >= 0.6 is 0 Å². The molecule has 0 radical (unpaired) electrons. The first-order chi connectivity index (χ1) is 8.74. The van der Waals surface area contributed by atoms with E-state index in [4.69, 9.17) is 4.42 Å². The summed E-state index contributed by atoms with van der Waals surface area (Å²) in [5.41, 5.74) is 0.602. The molecule has 0 aliphatic rings. The number of hydrogen-bond donors (Lipinski definition) is 0. The molecule has 3 aromatic rings. The van der Waals surface area contributed by atoms with Gasteiger partial charge in [-0.05, 0) is 24.3 Å². The Labute approximate surface area is 100 Å². The maximum atomic E-state index is 13.5. The van der Waals surface area contributed by atoms with Crippen LogP contribution in [-0.2, 0) is 0 Å². The lowest BCUT2D eigenvalue weighted by Crippen LogP contribution is -1.98. The molecule has 0 aliphatic carbocycles. The van der Waals surface area contributed by atoms with E-state index < -0.39 is 11.6 Å². The Balaban J connectivity index is 2.03. The zero-order valence-corrected chi connectivity index (χ0v) is 9.05. The highest BCUT2D eigenvalue weighted by Gasteiger charge is 2.11. The fourth-order valence-corrected chi connectivity index (χ4v) is 1.59. The summed E-state index contributed by atoms with van der Waals surface area (Å²) >= 11 is 0. The molecule has 0 bridgehead atoms. The Morgan fingerprint density at radius 1 is 1.17 bits per heavy atom. The molecule has 0 unspecified atom stereocenters. The number of nitrogens with zero attached hydrogens (tertiary/aromatic N) is 3. The molecule has 0 saturated carbocycles. The molecule has 18 heavy (non-hydrogen) atoms. The van der Waals surface area contributed by atoms with Gasteiger partial charge in [0.25, 0.3) is 0 Å². The van der Waals surface area contributed by atoms with E-state index in [1.54, 1.807) is 12.1 Å². The molecule has 6 heteroatoms. The monoisotopic (exact) mass is 247 g/mol. The van der Waals surface area contributed by atoms with E-state index in [0.717, 1.165) is 12.1 Å². The minimum absolute atomic E-state index is 0.127. The molecule has 2 aromatic heterocycles. The molecule has 0 fully saturated rings. The van der Waals surface area contributed by atoms with E-state index in [9.17, 15) is 8.78 Å². The van der Waals surface area contributed by atoms with Crippen LogP contribution in [0.4, 0.5) is 8.78 Å². The maximum absolute atomic E-state index is 13.5. The second kappa shape index (κ2) is 4.06. The van der Waals surface area contributed by atoms with E-state index in [1.165, 1.54) is 23.2 Å². The Morgan fingerprint density at radius 2 is 2.06 bits per heavy atom. The second-order valence-electron chi connectivity index (χ2n) is 3.62. The molecule has 90 valence electrons. The standard InChI is InChI=1S/C12H7F2N3O/c13-8-3-4-11(9(14)6-8)17-7-10(15-16-17)12-2-1-5-18-12/h1-7H. The third-order valence-electron chi connectivity index (χ3n) is 2.42. The van der Waals surface area contributed by atoms with Gasteiger partial charge in [0.15, 0.2) is 11.6 Å². The van der Waals surface area contributed by atoms with Crippen molar-refractivity contribution < 1.29 is 13.2 Å². The van der Waals surface area contributed by atoms with Crippen molar-refractivity contribution in [3.8, 4) is 17.1 Å². The Kier molecular flexibility index (Phi) is 2.40. The van der Waals surface area contributed by atoms with Gasteiger partial charge < -0.3 is 4.42 Å². The van der Waals surface area contributed by atoms with Crippen LogP contribution in [0.5, 0.6) is 0 Å². The van der Waals surface area contributed by atoms with E-state index >= 15 is 0 Å². The first-order valence-electron chi connectivity index (χ1n) is 5.16. The third kappa shape index (κ3) is 1.77. The van der Waals surface area contributed by atoms with Gasteiger partial charge in [-0.15, -0.1) is 5.10 Å². The highest BCUT2D eigenvalue weighted by atomic mass is 19.1. The summed E-state index contributed by atoms with van der Waals surface area (Å²) in [5.74, 6) is -0.808. The number of halogens is 2. The maximum Gasteiger partial charge on any atom is 0.155 e. The SMILES string of the molecule is Fc1ccc(-n2cc(-c3ccco3)nn2)c(F)c1. The van der Waals surface area contributed by atoms with E-state index in [2.05, 4.69) is 10.3 Å². The zero-order chi connectivity index (χ0) is 12.5. The van der Waals surface area contributed by atoms with Gasteiger partial charge in [-0.2, -0.15) is 0 Å². The fourth-order valence-electron chi connectivity index (χ4n) is 1.59. The van der Waals surface area contributed by atoms with Crippen LogP contribution in [0, 0.1) is 11.6 Å². The first kappa shape index (κ1) is 10.6. The minimum atomic E-state index is -0.703. The van der Waals surface area contributed by atoms with Crippen molar-refractivity contribution >= 4 is 0 Å². The minimum Gasteiger partial charge on any atom is -0.463 e.